The number of aliphatic carboxylic acids is 1. The van der Waals surface area contributed by atoms with Crippen molar-refractivity contribution in [2.45, 2.75) is 38.6 Å². The predicted octanol–water partition coefficient (Wildman–Crippen LogP) is 2.22. The number of benzene rings is 1. The number of aromatic nitrogens is 2. The molecule has 2 N–H and O–H groups in total. The van der Waals surface area contributed by atoms with Crippen LogP contribution in [0, 0.1) is 12.8 Å². The standard InChI is InChI=1S/C19H21N3O3/c1-12-3-2-4-13(7-12)17(9-18(23)24)22-19(25)14-5-6-16-15(8-14)10-20-11-21-16/h2-4,7,10-11,14,17H,5-6,8-9H2,1H3,(H,22,25)(H,23,24). The number of nitrogens with zero attached hydrogens (tertiary/aromatic N) is 2. The summed E-state index contributed by atoms with van der Waals surface area (Å²) in [6.45, 7) is 1.95. The summed E-state index contributed by atoms with van der Waals surface area (Å²) in [7, 11) is 0. The van der Waals surface area contributed by atoms with E-state index in [1.807, 2.05) is 31.2 Å². The van der Waals surface area contributed by atoms with Gasteiger partial charge in [-0.15, -0.1) is 0 Å². The first-order valence-electron chi connectivity index (χ1n) is 8.39. The maximum Gasteiger partial charge on any atom is 0.305 e. The SMILES string of the molecule is Cc1cccc(C(CC(=O)O)NC(=O)C2CCc3ncncc3C2)c1. The Balaban J connectivity index is 1.73. The lowest BCUT2D eigenvalue weighted by Gasteiger charge is -2.25. The van der Waals surface area contributed by atoms with Crippen LogP contribution in [0.4, 0.5) is 0 Å². The van der Waals surface area contributed by atoms with Crippen LogP contribution in [0.15, 0.2) is 36.8 Å². The Labute approximate surface area is 146 Å². The second-order valence-corrected chi connectivity index (χ2v) is 6.51. The normalized spacial score (nSPS) is 17.4. The van der Waals surface area contributed by atoms with Gasteiger partial charge in [0, 0.05) is 17.8 Å². The maximum atomic E-state index is 12.7. The van der Waals surface area contributed by atoms with E-state index < -0.39 is 12.0 Å². The minimum atomic E-state index is -0.936. The van der Waals surface area contributed by atoms with Gasteiger partial charge in [0.05, 0.1) is 12.5 Å². The average Bonchev–Trinajstić information content (AvgIpc) is 2.60. The quantitative estimate of drug-likeness (QED) is 0.871. The zero-order valence-corrected chi connectivity index (χ0v) is 14.1. The topological polar surface area (TPSA) is 92.2 Å². The zero-order chi connectivity index (χ0) is 17.8. The molecule has 0 fully saturated rings. The summed E-state index contributed by atoms with van der Waals surface area (Å²) in [4.78, 5) is 32.2. The van der Waals surface area contributed by atoms with Gasteiger partial charge in [-0.25, -0.2) is 9.97 Å². The van der Waals surface area contributed by atoms with Crippen molar-refractivity contribution in [3.63, 3.8) is 0 Å². The molecule has 25 heavy (non-hydrogen) atoms. The lowest BCUT2D eigenvalue weighted by atomic mass is 9.86. The van der Waals surface area contributed by atoms with Crippen molar-refractivity contribution in [3.05, 3.63) is 59.2 Å². The Bertz CT molecular complexity index is 791. The summed E-state index contributed by atoms with van der Waals surface area (Å²) in [6, 6.07) is 7.06. The fourth-order valence-electron chi connectivity index (χ4n) is 3.28. The van der Waals surface area contributed by atoms with Crippen molar-refractivity contribution in [3.8, 4) is 0 Å². The van der Waals surface area contributed by atoms with E-state index in [9.17, 15) is 14.7 Å². The van der Waals surface area contributed by atoms with Crippen molar-refractivity contribution in [2.24, 2.45) is 5.92 Å². The molecule has 0 saturated carbocycles. The molecule has 6 nitrogen and oxygen atoms in total. The number of hydrogen-bond donors (Lipinski definition) is 2. The average molecular weight is 339 g/mol. The molecule has 0 bridgehead atoms. The minimum absolute atomic E-state index is 0.109. The molecule has 2 unspecified atom stereocenters. The predicted molar refractivity (Wildman–Crippen MR) is 91.9 cm³/mol. The Morgan fingerprint density at radius 1 is 1.40 bits per heavy atom. The van der Waals surface area contributed by atoms with Gasteiger partial charge in [0.2, 0.25) is 5.91 Å². The van der Waals surface area contributed by atoms with Gasteiger partial charge >= 0.3 is 5.97 Å². The molecule has 1 aliphatic rings. The number of carbonyl (C=O) groups is 2. The van der Waals surface area contributed by atoms with Crippen molar-refractivity contribution >= 4 is 11.9 Å². The molecule has 1 aromatic carbocycles. The van der Waals surface area contributed by atoms with Gasteiger partial charge in [0.25, 0.3) is 0 Å². The van der Waals surface area contributed by atoms with E-state index in [1.165, 1.54) is 6.33 Å². The molecule has 0 spiro atoms. The third kappa shape index (κ3) is 4.21. The lowest BCUT2D eigenvalue weighted by Crippen LogP contribution is -2.37. The molecule has 0 radical (unpaired) electrons. The lowest BCUT2D eigenvalue weighted by molar-refractivity contribution is -0.138. The number of amides is 1. The highest BCUT2D eigenvalue weighted by atomic mass is 16.4. The monoisotopic (exact) mass is 339 g/mol. The highest BCUT2D eigenvalue weighted by molar-refractivity contribution is 5.80. The van der Waals surface area contributed by atoms with Crippen molar-refractivity contribution in [1.29, 1.82) is 0 Å². The number of carboxylic acid groups (broad SMARTS) is 1. The number of nitrogens with one attached hydrogen (secondary N) is 1. The number of hydrogen-bond acceptors (Lipinski definition) is 4. The molecule has 1 aromatic heterocycles. The molecular weight excluding hydrogens is 318 g/mol. The van der Waals surface area contributed by atoms with E-state index in [1.54, 1.807) is 6.20 Å². The molecule has 1 aliphatic carbocycles. The van der Waals surface area contributed by atoms with Gasteiger partial charge in [-0.05, 0) is 37.3 Å². The van der Waals surface area contributed by atoms with Crippen LogP contribution in [0.2, 0.25) is 0 Å². The van der Waals surface area contributed by atoms with Crippen LogP contribution >= 0.6 is 0 Å². The molecule has 1 amide bonds. The highest BCUT2D eigenvalue weighted by Gasteiger charge is 2.28. The summed E-state index contributed by atoms with van der Waals surface area (Å²) in [5.41, 5.74) is 3.85. The van der Waals surface area contributed by atoms with E-state index in [4.69, 9.17) is 0 Å². The van der Waals surface area contributed by atoms with Gasteiger partial charge in [0.1, 0.15) is 6.33 Å². The number of aryl methyl sites for hydroxylation is 2. The number of fused-ring (bicyclic) bond motifs is 1. The smallest absolute Gasteiger partial charge is 0.305 e. The van der Waals surface area contributed by atoms with Crippen LogP contribution in [0.1, 0.15) is 41.3 Å². The number of carbonyl (C=O) groups excluding carboxylic acids is 1. The van der Waals surface area contributed by atoms with E-state index in [-0.39, 0.29) is 18.2 Å². The highest BCUT2D eigenvalue weighted by Crippen LogP contribution is 2.25. The van der Waals surface area contributed by atoms with E-state index >= 15 is 0 Å². The van der Waals surface area contributed by atoms with Gasteiger partial charge in [0.15, 0.2) is 0 Å². The largest absolute Gasteiger partial charge is 0.481 e. The molecule has 2 atom stereocenters. The number of carboxylic acids is 1. The van der Waals surface area contributed by atoms with Crippen molar-refractivity contribution < 1.29 is 14.7 Å². The molecule has 0 saturated heterocycles. The third-order valence-corrected chi connectivity index (χ3v) is 4.59. The Kier molecular flexibility index (Phi) is 5.07. The number of rotatable bonds is 5. The van der Waals surface area contributed by atoms with E-state index in [2.05, 4.69) is 15.3 Å². The van der Waals surface area contributed by atoms with Crippen LogP contribution in [-0.4, -0.2) is 27.0 Å². The van der Waals surface area contributed by atoms with Gasteiger partial charge in [-0.3, -0.25) is 9.59 Å². The first-order valence-corrected chi connectivity index (χ1v) is 8.39. The minimum Gasteiger partial charge on any atom is -0.481 e. The second kappa shape index (κ2) is 7.42. The maximum absolute atomic E-state index is 12.7. The molecule has 130 valence electrons. The fourth-order valence-corrected chi connectivity index (χ4v) is 3.28. The molecule has 3 rings (SSSR count). The first-order chi connectivity index (χ1) is 12.0. The third-order valence-electron chi connectivity index (χ3n) is 4.59. The van der Waals surface area contributed by atoms with E-state index in [0.717, 1.165) is 28.8 Å². The second-order valence-electron chi connectivity index (χ2n) is 6.51. The van der Waals surface area contributed by atoms with Crippen LogP contribution in [0.5, 0.6) is 0 Å². The summed E-state index contributed by atoms with van der Waals surface area (Å²) in [6.07, 6.45) is 5.20. The van der Waals surface area contributed by atoms with Crippen LogP contribution in [0.3, 0.4) is 0 Å². The van der Waals surface area contributed by atoms with Crippen LogP contribution in [-0.2, 0) is 22.4 Å². The summed E-state index contributed by atoms with van der Waals surface area (Å²) < 4.78 is 0. The van der Waals surface area contributed by atoms with Crippen molar-refractivity contribution in [2.75, 3.05) is 0 Å². The summed E-state index contributed by atoms with van der Waals surface area (Å²) in [5.74, 6) is -1.23. The summed E-state index contributed by atoms with van der Waals surface area (Å²) >= 11 is 0. The Morgan fingerprint density at radius 3 is 3.00 bits per heavy atom. The molecule has 2 aromatic rings. The molecule has 1 heterocycles. The first kappa shape index (κ1) is 17.1. The van der Waals surface area contributed by atoms with Gasteiger partial charge < -0.3 is 10.4 Å². The van der Waals surface area contributed by atoms with Crippen LogP contribution < -0.4 is 5.32 Å². The molecule has 6 heteroatoms. The molecular formula is C19H21N3O3. The fraction of sp³-hybridized carbons (Fsp3) is 0.368. The molecule has 0 aliphatic heterocycles. The van der Waals surface area contributed by atoms with Gasteiger partial charge in [-0.2, -0.15) is 0 Å². The summed E-state index contributed by atoms with van der Waals surface area (Å²) in [5, 5.41) is 12.1. The zero-order valence-electron chi connectivity index (χ0n) is 14.1. The van der Waals surface area contributed by atoms with Crippen molar-refractivity contribution in [1.82, 2.24) is 15.3 Å². The Morgan fingerprint density at radius 2 is 2.24 bits per heavy atom. The van der Waals surface area contributed by atoms with E-state index in [0.29, 0.717) is 12.8 Å². The Hall–Kier alpha value is -2.76. The van der Waals surface area contributed by atoms with Crippen LogP contribution in [0.25, 0.3) is 0 Å². The van der Waals surface area contributed by atoms with Gasteiger partial charge in [-0.1, -0.05) is 29.8 Å².